The second-order valence-electron chi connectivity index (χ2n) is 8.75. The standard InChI is InChI=1S/C26H28O3S/c1-16-11-17(2)13-18(12-16)25-21-7-5-6-8-23(21)30-26(3,4)22(25)10-9-20-14-19(27)15-24(28)29-20/h5-13,19-20,27H,14-15H2,1-4H3/t19-,20-/m1/s1. The summed E-state index contributed by atoms with van der Waals surface area (Å²) in [5, 5.41) is 9.96. The van der Waals surface area contributed by atoms with Crippen molar-refractivity contribution in [1.29, 1.82) is 0 Å². The molecule has 2 aromatic carbocycles. The second-order valence-corrected chi connectivity index (χ2v) is 10.4. The second kappa shape index (κ2) is 8.09. The van der Waals surface area contributed by atoms with E-state index < -0.39 is 12.2 Å². The predicted molar refractivity (Wildman–Crippen MR) is 123 cm³/mol. The molecule has 1 saturated heterocycles. The molecule has 0 radical (unpaired) electrons. The maximum absolute atomic E-state index is 11.8. The predicted octanol–water partition coefficient (Wildman–Crippen LogP) is 5.61. The third-order valence-electron chi connectivity index (χ3n) is 5.62. The topological polar surface area (TPSA) is 46.5 Å². The van der Waals surface area contributed by atoms with E-state index in [0.717, 1.165) is 0 Å². The van der Waals surface area contributed by atoms with Crippen molar-refractivity contribution in [2.75, 3.05) is 0 Å². The zero-order valence-corrected chi connectivity index (χ0v) is 18.8. The van der Waals surface area contributed by atoms with Gasteiger partial charge in [-0.2, -0.15) is 0 Å². The van der Waals surface area contributed by atoms with Crippen molar-refractivity contribution < 1.29 is 14.6 Å². The van der Waals surface area contributed by atoms with Gasteiger partial charge in [-0.1, -0.05) is 53.6 Å². The molecule has 30 heavy (non-hydrogen) atoms. The Morgan fingerprint density at radius 1 is 1.13 bits per heavy atom. The molecular formula is C26H28O3S. The Balaban J connectivity index is 1.87. The molecule has 0 amide bonds. The van der Waals surface area contributed by atoms with Crippen LogP contribution in [0.1, 0.15) is 48.9 Å². The van der Waals surface area contributed by atoms with Gasteiger partial charge in [-0.3, -0.25) is 4.79 Å². The Bertz CT molecular complexity index is 1030. The van der Waals surface area contributed by atoms with Gasteiger partial charge in [0.15, 0.2) is 0 Å². The average Bonchev–Trinajstić information content (AvgIpc) is 2.63. The van der Waals surface area contributed by atoms with Gasteiger partial charge in [0.25, 0.3) is 0 Å². The zero-order valence-electron chi connectivity index (χ0n) is 17.9. The number of carbonyl (C=O) groups is 1. The van der Waals surface area contributed by atoms with E-state index in [1.165, 1.54) is 38.3 Å². The fourth-order valence-corrected chi connectivity index (χ4v) is 5.64. The molecule has 0 aromatic heterocycles. The zero-order chi connectivity index (χ0) is 21.5. The molecule has 0 saturated carbocycles. The van der Waals surface area contributed by atoms with Crippen molar-refractivity contribution in [2.45, 2.75) is 62.4 Å². The van der Waals surface area contributed by atoms with Crippen LogP contribution in [-0.4, -0.2) is 28.0 Å². The fraction of sp³-hybridized carbons (Fsp3) is 0.346. The molecule has 3 nitrogen and oxygen atoms in total. The van der Waals surface area contributed by atoms with Gasteiger partial charge in [-0.25, -0.2) is 0 Å². The van der Waals surface area contributed by atoms with Crippen LogP contribution in [0.25, 0.3) is 5.57 Å². The molecule has 0 bridgehead atoms. The van der Waals surface area contributed by atoms with Crippen LogP contribution in [0.15, 0.2) is 65.1 Å². The van der Waals surface area contributed by atoms with Gasteiger partial charge < -0.3 is 9.84 Å². The van der Waals surface area contributed by atoms with Crippen LogP contribution in [0.5, 0.6) is 0 Å². The van der Waals surface area contributed by atoms with Gasteiger partial charge >= 0.3 is 5.97 Å². The first kappa shape index (κ1) is 21.0. The Morgan fingerprint density at radius 2 is 1.83 bits per heavy atom. The summed E-state index contributed by atoms with van der Waals surface area (Å²) in [5.41, 5.74) is 7.32. The maximum Gasteiger partial charge on any atom is 0.309 e. The van der Waals surface area contributed by atoms with Crippen molar-refractivity contribution in [3.05, 3.63) is 82.4 Å². The van der Waals surface area contributed by atoms with Gasteiger partial charge in [0.1, 0.15) is 6.10 Å². The molecule has 1 N–H and O–H groups in total. The Hall–Kier alpha value is -2.30. The molecule has 0 unspecified atom stereocenters. The van der Waals surface area contributed by atoms with E-state index in [1.54, 1.807) is 0 Å². The van der Waals surface area contributed by atoms with E-state index in [4.69, 9.17) is 4.74 Å². The highest BCUT2D eigenvalue weighted by molar-refractivity contribution is 8.01. The summed E-state index contributed by atoms with van der Waals surface area (Å²) in [6.45, 7) is 8.73. The molecule has 2 atom stereocenters. The largest absolute Gasteiger partial charge is 0.458 e. The number of esters is 1. The molecule has 2 aliphatic heterocycles. The fourth-order valence-electron chi connectivity index (χ4n) is 4.38. The highest BCUT2D eigenvalue weighted by Gasteiger charge is 2.34. The first-order chi connectivity index (χ1) is 14.2. The van der Waals surface area contributed by atoms with Crippen molar-refractivity contribution in [3.63, 3.8) is 0 Å². The molecule has 1 fully saturated rings. The SMILES string of the molecule is Cc1cc(C)cc(C2=C(C=C[C@@H]3C[C@@H](O)CC(=O)O3)C(C)(C)Sc3ccccc32)c1. The van der Waals surface area contributed by atoms with Crippen LogP contribution in [0, 0.1) is 13.8 Å². The van der Waals surface area contributed by atoms with Crippen LogP contribution in [-0.2, 0) is 9.53 Å². The van der Waals surface area contributed by atoms with Gasteiger partial charge in [0.2, 0.25) is 0 Å². The minimum Gasteiger partial charge on any atom is -0.458 e. The molecule has 0 aliphatic carbocycles. The lowest BCUT2D eigenvalue weighted by Gasteiger charge is -2.35. The number of aliphatic hydroxyl groups is 1. The maximum atomic E-state index is 11.8. The number of hydrogen-bond donors (Lipinski definition) is 1. The summed E-state index contributed by atoms with van der Waals surface area (Å²) in [6.07, 6.45) is 3.53. The molecule has 2 aliphatic rings. The number of ether oxygens (including phenoxy) is 1. The van der Waals surface area contributed by atoms with Crippen LogP contribution >= 0.6 is 11.8 Å². The van der Waals surface area contributed by atoms with E-state index in [-0.39, 0.29) is 17.1 Å². The average molecular weight is 421 g/mol. The smallest absolute Gasteiger partial charge is 0.309 e. The molecule has 0 spiro atoms. The van der Waals surface area contributed by atoms with Crippen LogP contribution in [0.4, 0.5) is 0 Å². The molecule has 4 heteroatoms. The van der Waals surface area contributed by atoms with Gasteiger partial charge in [0.05, 0.1) is 12.5 Å². The number of fused-ring (bicyclic) bond motifs is 1. The first-order valence-corrected chi connectivity index (χ1v) is 11.2. The van der Waals surface area contributed by atoms with E-state index in [9.17, 15) is 9.90 Å². The number of aryl methyl sites for hydroxylation is 2. The van der Waals surface area contributed by atoms with Gasteiger partial charge in [-0.05, 0) is 62.1 Å². The first-order valence-electron chi connectivity index (χ1n) is 10.4. The highest BCUT2D eigenvalue weighted by atomic mass is 32.2. The van der Waals surface area contributed by atoms with Crippen LogP contribution in [0.2, 0.25) is 0 Å². The van der Waals surface area contributed by atoms with E-state index in [1.807, 2.05) is 17.8 Å². The molecule has 2 aromatic rings. The summed E-state index contributed by atoms with van der Waals surface area (Å²) in [5.74, 6) is -0.338. The monoisotopic (exact) mass is 420 g/mol. The minimum atomic E-state index is -0.636. The summed E-state index contributed by atoms with van der Waals surface area (Å²) >= 11 is 1.85. The van der Waals surface area contributed by atoms with E-state index >= 15 is 0 Å². The summed E-state index contributed by atoms with van der Waals surface area (Å²) in [4.78, 5) is 13.0. The molecular weight excluding hydrogens is 392 g/mol. The van der Waals surface area contributed by atoms with Crippen LogP contribution < -0.4 is 0 Å². The van der Waals surface area contributed by atoms with Gasteiger partial charge in [-0.15, -0.1) is 11.8 Å². The van der Waals surface area contributed by atoms with Crippen molar-refractivity contribution in [2.24, 2.45) is 0 Å². The summed E-state index contributed by atoms with van der Waals surface area (Å²) in [6, 6.07) is 15.2. The lowest BCUT2D eigenvalue weighted by Crippen LogP contribution is -2.31. The minimum absolute atomic E-state index is 0.0789. The Kier molecular flexibility index (Phi) is 5.65. The number of aliphatic hydroxyl groups excluding tert-OH is 1. The van der Waals surface area contributed by atoms with Crippen molar-refractivity contribution in [1.82, 2.24) is 0 Å². The summed E-state index contributed by atoms with van der Waals surface area (Å²) < 4.78 is 5.29. The summed E-state index contributed by atoms with van der Waals surface area (Å²) in [7, 11) is 0. The van der Waals surface area contributed by atoms with Gasteiger partial charge in [0, 0.05) is 16.1 Å². The lowest BCUT2D eigenvalue weighted by molar-refractivity contribution is -0.156. The number of hydrogen-bond acceptors (Lipinski definition) is 4. The van der Waals surface area contributed by atoms with E-state index in [0.29, 0.717) is 6.42 Å². The number of thioether (sulfide) groups is 1. The quantitative estimate of drug-likeness (QED) is 0.656. The van der Waals surface area contributed by atoms with Crippen molar-refractivity contribution >= 4 is 23.3 Å². The Morgan fingerprint density at radius 3 is 2.53 bits per heavy atom. The highest BCUT2D eigenvalue weighted by Crippen LogP contribution is 2.51. The molecule has 4 rings (SSSR count). The Labute approximate surface area is 182 Å². The third kappa shape index (κ3) is 4.26. The van der Waals surface area contributed by atoms with E-state index in [2.05, 4.69) is 76.2 Å². The normalized spacial score (nSPS) is 23.4. The number of cyclic esters (lactones) is 1. The number of rotatable bonds is 3. The number of carbonyl (C=O) groups excluding carboxylic acids is 1. The number of allylic oxidation sites excluding steroid dienone is 1. The molecule has 2 heterocycles. The lowest BCUT2D eigenvalue weighted by atomic mass is 9.85. The van der Waals surface area contributed by atoms with Crippen LogP contribution in [0.3, 0.4) is 0 Å². The van der Waals surface area contributed by atoms with Crippen molar-refractivity contribution in [3.8, 4) is 0 Å². The molecule has 156 valence electrons. The third-order valence-corrected chi connectivity index (χ3v) is 6.92. The number of benzene rings is 2.